The second kappa shape index (κ2) is 9.67. The molecular formula is C23H22ClNO2S. The second-order valence-electron chi connectivity index (χ2n) is 6.46. The number of hydrogen-bond acceptors (Lipinski definition) is 3. The van der Waals surface area contributed by atoms with Crippen LogP contribution in [-0.4, -0.2) is 12.0 Å². The van der Waals surface area contributed by atoms with Gasteiger partial charge in [0, 0.05) is 21.4 Å². The molecule has 1 amide bonds. The highest BCUT2D eigenvalue weighted by molar-refractivity contribution is 7.98. The van der Waals surface area contributed by atoms with Crippen molar-refractivity contribution in [2.75, 3.05) is 5.32 Å². The molecular weight excluding hydrogens is 390 g/mol. The van der Waals surface area contributed by atoms with E-state index in [9.17, 15) is 4.79 Å². The van der Waals surface area contributed by atoms with E-state index in [1.165, 1.54) is 10.5 Å². The van der Waals surface area contributed by atoms with Crippen molar-refractivity contribution < 1.29 is 9.53 Å². The van der Waals surface area contributed by atoms with Gasteiger partial charge in [0.05, 0.1) is 0 Å². The second-order valence-corrected chi connectivity index (χ2v) is 7.91. The van der Waals surface area contributed by atoms with Gasteiger partial charge in [-0.3, -0.25) is 4.79 Å². The van der Waals surface area contributed by atoms with Gasteiger partial charge in [-0.25, -0.2) is 0 Å². The van der Waals surface area contributed by atoms with E-state index in [0.717, 1.165) is 17.0 Å². The van der Waals surface area contributed by atoms with Gasteiger partial charge in [0.2, 0.25) is 0 Å². The van der Waals surface area contributed by atoms with E-state index in [2.05, 4.69) is 17.4 Å². The van der Waals surface area contributed by atoms with E-state index < -0.39 is 6.10 Å². The number of anilines is 1. The fourth-order valence-electron chi connectivity index (χ4n) is 2.56. The summed E-state index contributed by atoms with van der Waals surface area (Å²) in [5.74, 6) is 1.31. The van der Waals surface area contributed by atoms with Gasteiger partial charge in [-0.05, 0) is 67.4 Å². The number of ether oxygens (including phenoxy) is 1. The lowest BCUT2D eigenvalue weighted by molar-refractivity contribution is -0.122. The fraction of sp³-hybridized carbons (Fsp3) is 0.174. The molecule has 1 atom stereocenters. The largest absolute Gasteiger partial charge is 0.481 e. The minimum absolute atomic E-state index is 0.195. The molecule has 3 rings (SSSR count). The summed E-state index contributed by atoms with van der Waals surface area (Å²) in [7, 11) is 0. The van der Waals surface area contributed by atoms with E-state index in [-0.39, 0.29) is 5.91 Å². The summed E-state index contributed by atoms with van der Waals surface area (Å²) in [6.45, 7) is 3.63. The first kappa shape index (κ1) is 20.3. The topological polar surface area (TPSA) is 38.3 Å². The van der Waals surface area contributed by atoms with Crippen LogP contribution in [-0.2, 0) is 10.5 Å². The van der Waals surface area contributed by atoms with Crippen molar-refractivity contribution in [3.8, 4) is 5.75 Å². The molecule has 5 heteroatoms. The van der Waals surface area contributed by atoms with Crippen molar-refractivity contribution in [3.63, 3.8) is 0 Å². The van der Waals surface area contributed by atoms with Gasteiger partial charge in [0.1, 0.15) is 5.75 Å². The molecule has 0 aliphatic heterocycles. The van der Waals surface area contributed by atoms with E-state index in [0.29, 0.717) is 10.8 Å². The normalized spacial score (nSPS) is 11.7. The van der Waals surface area contributed by atoms with Gasteiger partial charge in [0.15, 0.2) is 6.10 Å². The Morgan fingerprint density at radius 1 is 1.07 bits per heavy atom. The summed E-state index contributed by atoms with van der Waals surface area (Å²) in [5, 5.41) is 3.57. The maximum Gasteiger partial charge on any atom is 0.265 e. The summed E-state index contributed by atoms with van der Waals surface area (Å²) in [5.41, 5.74) is 2.87. The molecule has 3 nitrogen and oxygen atoms in total. The number of benzene rings is 3. The Morgan fingerprint density at radius 2 is 1.79 bits per heavy atom. The van der Waals surface area contributed by atoms with Crippen LogP contribution < -0.4 is 10.1 Å². The monoisotopic (exact) mass is 411 g/mol. The Kier molecular flexibility index (Phi) is 7.01. The first-order valence-electron chi connectivity index (χ1n) is 9.02. The number of rotatable bonds is 7. The molecule has 0 saturated carbocycles. The standard InChI is InChI=1S/C23H22ClNO2S/c1-16-14-20(12-13-22(16)24)27-17(2)23(26)25-19-10-8-18(9-11-19)15-28-21-6-4-3-5-7-21/h3-14,17H,15H2,1-2H3,(H,25,26). The third-order valence-corrected chi connectivity index (χ3v) is 5.69. The Bertz CT molecular complexity index is 929. The lowest BCUT2D eigenvalue weighted by atomic mass is 10.2. The van der Waals surface area contributed by atoms with Crippen LogP contribution in [0.3, 0.4) is 0 Å². The van der Waals surface area contributed by atoms with Crippen LogP contribution in [0.5, 0.6) is 5.75 Å². The first-order chi connectivity index (χ1) is 13.5. The molecule has 0 saturated heterocycles. The van der Waals surface area contributed by atoms with Crippen molar-refractivity contribution >= 4 is 35.0 Å². The number of halogens is 1. The Balaban J connectivity index is 1.52. The number of carbonyl (C=O) groups is 1. The molecule has 0 heterocycles. The molecule has 144 valence electrons. The van der Waals surface area contributed by atoms with E-state index >= 15 is 0 Å². The smallest absolute Gasteiger partial charge is 0.265 e. The number of nitrogens with one attached hydrogen (secondary N) is 1. The molecule has 0 aliphatic rings. The van der Waals surface area contributed by atoms with Crippen LogP contribution in [0.1, 0.15) is 18.1 Å². The average molecular weight is 412 g/mol. The molecule has 0 radical (unpaired) electrons. The highest BCUT2D eigenvalue weighted by Crippen LogP contribution is 2.24. The van der Waals surface area contributed by atoms with Gasteiger partial charge < -0.3 is 10.1 Å². The molecule has 3 aromatic carbocycles. The predicted molar refractivity (Wildman–Crippen MR) is 117 cm³/mol. The van der Waals surface area contributed by atoms with E-state index in [4.69, 9.17) is 16.3 Å². The van der Waals surface area contributed by atoms with Crippen molar-refractivity contribution in [2.24, 2.45) is 0 Å². The zero-order chi connectivity index (χ0) is 19.9. The highest BCUT2D eigenvalue weighted by atomic mass is 35.5. The number of aryl methyl sites for hydroxylation is 1. The maximum atomic E-state index is 12.4. The molecule has 0 spiro atoms. The zero-order valence-electron chi connectivity index (χ0n) is 15.8. The highest BCUT2D eigenvalue weighted by Gasteiger charge is 2.15. The number of thioether (sulfide) groups is 1. The third-order valence-electron chi connectivity index (χ3n) is 4.18. The zero-order valence-corrected chi connectivity index (χ0v) is 17.4. The summed E-state index contributed by atoms with van der Waals surface area (Å²) in [6.07, 6.45) is -0.617. The maximum absolute atomic E-state index is 12.4. The molecule has 0 bridgehead atoms. The quantitative estimate of drug-likeness (QED) is 0.460. The van der Waals surface area contributed by atoms with Crippen LogP contribution in [0.15, 0.2) is 77.7 Å². The molecule has 1 N–H and O–H groups in total. The van der Waals surface area contributed by atoms with Gasteiger partial charge in [0.25, 0.3) is 5.91 Å². The SMILES string of the molecule is Cc1cc(OC(C)C(=O)Nc2ccc(CSc3ccccc3)cc2)ccc1Cl. The molecule has 3 aromatic rings. The van der Waals surface area contributed by atoms with Crippen LogP contribution in [0.4, 0.5) is 5.69 Å². The van der Waals surface area contributed by atoms with Gasteiger partial charge >= 0.3 is 0 Å². The van der Waals surface area contributed by atoms with Crippen molar-refractivity contribution in [1.82, 2.24) is 0 Å². The minimum atomic E-state index is -0.617. The summed E-state index contributed by atoms with van der Waals surface area (Å²) >= 11 is 7.81. The molecule has 0 fully saturated rings. The van der Waals surface area contributed by atoms with Crippen molar-refractivity contribution in [2.45, 2.75) is 30.6 Å². The summed E-state index contributed by atoms with van der Waals surface area (Å²) in [6, 6.07) is 23.5. The molecule has 0 aromatic heterocycles. The van der Waals surface area contributed by atoms with E-state index in [1.54, 1.807) is 30.8 Å². The van der Waals surface area contributed by atoms with Crippen molar-refractivity contribution in [3.05, 3.63) is 88.9 Å². The Labute approximate surface area is 175 Å². The predicted octanol–water partition coefficient (Wildman–Crippen LogP) is 6.35. The number of amides is 1. The average Bonchev–Trinajstić information content (AvgIpc) is 2.71. The Morgan fingerprint density at radius 3 is 2.46 bits per heavy atom. The number of hydrogen-bond donors (Lipinski definition) is 1. The molecule has 28 heavy (non-hydrogen) atoms. The molecule has 1 unspecified atom stereocenters. The fourth-order valence-corrected chi connectivity index (χ4v) is 3.55. The summed E-state index contributed by atoms with van der Waals surface area (Å²) < 4.78 is 5.72. The van der Waals surface area contributed by atoms with Crippen LogP contribution in [0, 0.1) is 6.92 Å². The third kappa shape index (κ3) is 5.78. The van der Waals surface area contributed by atoms with Crippen molar-refractivity contribution in [1.29, 1.82) is 0 Å². The lowest BCUT2D eigenvalue weighted by Gasteiger charge is -2.15. The molecule has 0 aliphatic carbocycles. The van der Waals surface area contributed by atoms with Crippen LogP contribution in [0.2, 0.25) is 5.02 Å². The van der Waals surface area contributed by atoms with Gasteiger partial charge in [-0.2, -0.15) is 0 Å². The Hall–Kier alpha value is -2.43. The lowest BCUT2D eigenvalue weighted by Crippen LogP contribution is -2.30. The number of carbonyl (C=O) groups excluding carboxylic acids is 1. The first-order valence-corrected chi connectivity index (χ1v) is 10.4. The summed E-state index contributed by atoms with van der Waals surface area (Å²) in [4.78, 5) is 13.6. The van der Waals surface area contributed by atoms with Crippen LogP contribution in [0.25, 0.3) is 0 Å². The van der Waals surface area contributed by atoms with Crippen LogP contribution >= 0.6 is 23.4 Å². The van der Waals surface area contributed by atoms with Gasteiger partial charge in [-0.1, -0.05) is 41.9 Å². The van der Waals surface area contributed by atoms with E-state index in [1.807, 2.05) is 55.5 Å². The van der Waals surface area contributed by atoms with Gasteiger partial charge in [-0.15, -0.1) is 11.8 Å². The minimum Gasteiger partial charge on any atom is -0.481 e.